The highest BCUT2D eigenvalue weighted by Gasteiger charge is 2.51. The third-order valence-electron chi connectivity index (χ3n) is 3.94. The minimum atomic E-state index is -1.10. The lowest BCUT2D eigenvalue weighted by Gasteiger charge is -2.32. The number of hydrogen-bond acceptors (Lipinski definition) is 3. The van der Waals surface area contributed by atoms with Crippen LogP contribution in [-0.4, -0.2) is 28.9 Å². The molecule has 0 amide bonds. The van der Waals surface area contributed by atoms with Crippen LogP contribution in [0.15, 0.2) is 18.2 Å². The molecule has 1 aromatic rings. The third-order valence-corrected chi connectivity index (χ3v) is 3.94. The van der Waals surface area contributed by atoms with Crippen LogP contribution in [0.2, 0.25) is 0 Å². The van der Waals surface area contributed by atoms with Gasteiger partial charge in [0.05, 0.1) is 17.8 Å². The Labute approximate surface area is 110 Å². The van der Waals surface area contributed by atoms with E-state index in [0.29, 0.717) is 6.42 Å². The first-order valence-electron chi connectivity index (χ1n) is 6.35. The van der Waals surface area contributed by atoms with Crippen LogP contribution in [0.4, 0.5) is 4.39 Å². The molecular weight excluding hydrogens is 251 g/mol. The van der Waals surface area contributed by atoms with Gasteiger partial charge in [0.15, 0.2) is 11.6 Å². The first kappa shape index (κ1) is 12.4. The van der Waals surface area contributed by atoms with E-state index in [4.69, 9.17) is 14.6 Å². The number of carboxylic acids is 1. The number of fused-ring (bicyclic) bond motifs is 2. The molecule has 2 fully saturated rings. The summed E-state index contributed by atoms with van der Waals surface area (Å²) in [5.41, 5.74) is -0.551. The average Bonchev–Trinajstić information content (AvgIpc) is 2.91. The first-order valence-corrected chi connectivity index (χ1v) is 6.35. The molecule has 2 aliphatic rings. The number of carbonyl (C=O) groups is 1. The van der Waals surface area contributed by atoms with E-state index in [2.05, 4.69) is 0 Å². The monoisotopic (exact) mass is 266 g/mol. The lowest BCUT2D eigenvalue weighted by molar-refractivity contribution is 0.00210. The molecule has 4 nitrogen and oxygen atoms in total. The number of benzene rings is 1. The van der Waals surface area contributed by atoms with Crippen molar-refractivity contribution in [3.63, 3.8) is 0 Å². The minimum absolute atomic E-state index is 0.0152. The number of carboxylic acid groups (broad SMARTS) is 1. The van der Waals surface area contributed by atoms with Crippen molar-refractivity contribution in [1.82, 2.24) is 0 Å². The molecule has 19 heavy (non-hydrogen) atoms. The van der Waals surface area contributed by atoms with Crippen LogP contribution in [0.1, 0.15) is 36.5 Å². The molecule has 5 heteroatoms. The SMILES string of the molecule is CC1(Oc2cc(C(=O)O)ccc2F)CC2CCC1O2. The average molecular weight is 266 g/mol. The number of ether oxygens (including phenoxy) is 2. The zero-order chi connectivity index (χ0) is 13.6. The van der Waals surface area contributed by atoms with Crippen molar-refractivity contribution in [1.29, 1.82) is 0 Å². The summed E-state index contributed by atoms with van der Waals surface area (Å²) < 4.78 is 25.2. The molecule has 3 atom stereocenters. The number of hydrogen-bond donors (Lipinski definition) is 1. The van der Waals surface area contributed by atoms with Gasteiger partial charge < -0.3 is 14.6 Å². The zero-order valence-corrected chi connectivity index (χ0v) is 10.6. The molecule has 102 valence electrons. The summed E-state index contributed by atoms with van der Waals surface area (Å²) >= 11 is 0. The van der Waals surface area contributed by atoms with E-state index in [1.165, 1.54) is 12.1 Å². The van der Waals surface area contributed by atoms with Gasteiger partial charge in [-0.1, -0.05) is 0 Å². The fraction of sp³-hybridized carbons (Fsp3) is 0.500. The maximum absolute atomic E-state index is 13.7. The maximum atomic E-state index is 13.7. The van der Waals surface area contributed by atoms with Crippen LogP contribution < -0.4 is 4.74 Å². The molecule has 2 aliphatic heterocycles. The summed E-state index contributed by atoms with van der Waals surface area (Å²) in [6.07, 6.45) is 2.78. The van der Waals surface area contributed by atoms with E-state index in [1.54, 1.807) is 0 Å². The highest BCUT2D eigenvalue weighted by atomic mass is 19.1. The normalized spacial score (nSPS) is 32.5. The predicted molar refractivity (Wildman–Crippen MR) is 64.9 cm³/mol. The fourth-order valence-electron chi connectivity index (χ4n) is 2.96. The van der Waals surface area contributed by atoms with E-state index in [-0.39, 0.29) is 23.5 Å². The number of aromatic carboxylic acids is 1. The molecule has 0 radical (unpaired) electrons. The van der Waals surface area contributed by atoms with Gasteiger partial charge >= 0.3 is 5.97 Å². The minimum Gasteiger partial charge on any atom is -0.482 e. The van der Waals surface area contributed by atoms with Crippen LogP contribution in [-0.2, 0) is 4.74 Å². The van der Waals surface area contributed by atoms with Crippen LogP contribution >= 0.6 is 0 Å². The lowest BCUT2D eigenvalue weighted by Crippen LogP contribution is -2.42. The van der Waals surface area contributed by atoms with E-state index >= 15 is 0 Å². The topological polar surface area (TPSA) is 55.8 Å². The van der Waals surface area contributed by atoms with Gasteiger partial charge in [-0.3, -0.25) is 0 Å². The highest BCUT2D eigenvalue weighted by Crippen LogP contribution is 2.44. The van der Waals surface area contributed by atoms with Gasteiger partial charge in [0.1, 0.15) is 5.60 Å². The quantitative estimate of drug-likeness (QED) is 0.913. The Morgan fingerprint density at radius 3 is 2.89 bits per heavy atom. The van der Waals surface area contributed by atoms with Crippen molar-refractivity contribution in [3.05, 3.63) is 29.6 Å². The summed E-state index contributed by atoms with van der Waals surface area (Å²) in [6.45, 7) is 1.89. The van der Waals surface area contributed by atoms with Crippen molar-refractivity contribution in [2.24, 2.45) is 0 Å². The van der Waals surface area contributed by atoms with Crippen molar-refractivity contribution in [2.75, 3.05) is 0 Å². The Balaban J connectivity index is 1.87. The van der Waals surface area contributed by atoms with Crippen molar-refractivity contribution in [3.8, 4) is 5.75 Å². The largest absolute Gasteiger partial charge is 0.482 e. The summed E-state index contributed by atoms with van der Waals surface area (Å²) in [7, 11) is 0. The standard InChI is InChI=1S/C14H15FO4/c1-14(7-9-3-5-12(14)18-9)19-11-6-8(13(16)17)2-4-10(11)15/h2,4,6,9,12H,3,5,7H2,1H3,(H,16,17). The molecule has 0 aromatic heterocycles. The molecule has 1 aromatic carbocycles. The number of halogens is 1. The summed E-state index contributed by atoms with van der Waals surface area (Å²) in [4.78, 5) is 10.9. The number of rotatable bonds is 3. The summed E-state index contributed by atoms with van der Waals surface area (Å²) in [5.74, 6) is -1.66. The van der Waals surface area contributed by atoms with Gasteiger partial charge in [-0.15, -0.1) is 0 Å². The van der Waals surface area contributed by atoms with Gasteiger partial charge in [0, 0.05) is 6.42 Å². The van der Waals surface area contributed by atoms with Gasteiger partial charge in [-0.2, -0.15) is 0 Å². The van der Waals surface area contributed by atoms with E-state index in [9.17, 15) is 9.18 Å². The lowest BCUT2D eigenvalue weighted by atomic mass is 9.86. The second-order valence-electron chi connectivity index (χ2n) is 5.39. The smallest absolute Gasteiger partial charge is 0.335 e. The Morgan fingerprint density at radius 2 is 2.32 bits per heavy atom. The van der Waals surface area contributed by atoms with Gasteiger partial charge in [-0.25, -0.2) is 9.18 Å². The Morgan fingerprint density at radius 1 is 1.53 bits per heavy atom. The second kappa shape index (κ2) is 4.20. The van der Waals surface area contributed by atoms with Crippen molar-refractivity contribution >= 4 is 5.97 Å². The third kappa shape index (κ3) is 2.08. The molecule has 3 unspecified atom stereocenters. The van der Waals surface area contributed by atoms with Crippen LogP contribution in [0.25, 0.3) is 0 Å². The molecular formula is C14H15FO4. The molecule has 2 bridgehead atoms. The highest BCUT2D eigenvalue weighted by molar-refractivity contribution is 5.88. The van der Waals surface area contributed by atoms with Crippen LogP contribution in [0, 0.1) is 5.82 Å². The van der Waals surface area contributed by atoms with Gasteiger partial charge in [0.25, 0.3) is 0 Å². The molecule has 1 N–H and O–H groups in total. The molecule has 0 aliphatic carbocycles. The fourth-order valence-corrected chi connectivity index (χ4v) is 2.96. The molecule has 2 heterocycles. The van der Waals surface area contributed by atoms with Crippen molar-refractivity contribution in [2.45, 2.75) is 44.0 Å². The Bertz CT molecular complexity index is 530. The Hall–Kier alpha value is -1.62. The van der Waals surface area contributed by atoms with E-state index in [1.807, 2.05) is 6.92 Å². The summed E-state index contributed by atoms with van der Waals surface area (Å²) in [6, 6.07) is 3.58. The van der Waals surface area contributed by atoms with Crippen LogP contribution in [0.5, 0.6) is 5.75 Å². The molecule has 0 saturated carbocycles. The van der Waals surface area contributed by atoms with Gasteiger partial charge in [-0.05, 0) is 38.0 Å². The van der Waals surface area contributed by atoms with Crippen molar-refractivity contribution < 1.29 is 23.8 Å². The molecule has 0 spiro atoms. The predicted octanol–water partition coefficient (Wildman–Crippen LogP) is 2.61. The molecule has 2 saturated heterocycles. The molecule has 3 rings (SSSR count). The Kier molecular flexibility index (Phi) is 2.74. The van der Waals surface area contributed by atoms with E-state index < -0.39 is 17.4 Å². The zero-order valence-electron chi connectivity index (χ0n) is 10.6. The van der Waals surface area contributed by atoms with Gasteiger partial charge in [0.2, 0.25) is 0 Å². The summed E-state index contributed by atoms with van der Waals surface area (Å²) in [5, 5.41) is 8.93. The maximum Gasteiger partial charge on any atom is 0.335 e. The second-order valence-corrected chi connectivity index (χ2v) is 5.39. The first-order chi connectivity index (χ1) is 8.98. The van der Waals surface area contributed by atoms with E-state index in [0.717, 1.165) is 18.9 Å². The van der Waals surface area contributed by atoms with Crippen LogP contribution in [0.3, 0.4) is 0 Å².